The Balaban J connectivity index is 2.30. The molecule has 0 unspecified atom stereocenters. The molecule has 0 aliphatic carbocycles. The van der Waals surface area contributed by atoms with Gasteiger partial charge in [-0.05, 0) is 37.0 Å². The van der Waals surface area contributed by atoms with Crippen LogP contribution in [0.3, 0.4) is 0 Å². The molecule has 1 aromatic carbocycles. The van der Waals surface area contributed by atoms with Crippen molar-refractivity contribution in [2.24, 2.45) is 0 Å². The van der Waals surface area contributed by atoms with E-state index in [4.69, 9.17) is 23.2 Å². The first-order chi connectivity index (χ1) is 8.63. The highest BCUT2D eigenvalue weighted by atomic mass is 35.5. The third-order valence-electron chi connectivity index (χ3n) is 2.49. The first-order valence-electron chi connectivity index (χ1n) is 5.82. The molecule has 0 fully saturated rings. The van der Waals surface area contributed by atoms with E-state index in [-0.39, 0.29) is 5.97 Å². The van der Waals surface area contributed by atoms with Crippen LogP contribution in [-0.4, -0.2) is 13.1 Å². The van der Waals surface area contributed by atoms with Gasteiger partial charge < -0.3 is 4.74 Å². The molecule has 0 N–H and O–H groups in total. The molecule has 1 aromatic rings. The summed E-state index contributed by atoms with van der Waals surface area (Å²) in [7, 11) is 1.41. The molecule has 1 rings (SSSR count). The molecule has 2 nitrogen and oxygen atoms in total. The van der Waals surface area contributed by atoms with E-state index >= 15 is 0 Å². The van der Waals surface area contributed by atoms with Crippen LogP contribution < -0.4 is 0 Å². The van der Waals surface area contributed by atoms with Gasteiger partial charge in [-0.15, -0.1) is 0 Å². The highest BCUT2D eigenvalue weighted by molar-refractivity contribution is 6.35. The maximum atomic E-state index is 10.9. The smallest absolute Gasteiger partial charge is 0.305 e. The van der Waals surface area contributed by atoms with Gasteiger partial charge in [-0.3, -0.25) is 4.79 Å². The zero-order valence-electron chi connectivity index (χ0n) is 10.3. The van der Waals surface area contributed by atoms with E-state index in [9.17, 15) is 4.79 Å². The van der Waals surface area contributed by atoms with E-state index in [1.807, 2.05) is 24.3 Å². The highest BCUT2D eigenvalue weighted by Gasteiger charge is 1.99. The van der Waals surface area contributed by atoms with Gasteiger partial charge in [0.25, 0.3) is 0 Å². The van der Waals surface area contributed by atoms with Gasteiger partial charge >= 0.3 is 5.97 Å². The number of rotatable bonds is 6. The van der Waals surface area contributed by atoms with E-state index in [2.05, 4.69) is 4.74 Å². The molecule has 0 radical (unpaired) electrons. The minimum Gasteiger partial charge on any atom is -0.469 e. The maximum Gasteiger partial charge on any atom is 0.305 e. The molecule has 0 heterocycles. The molecule has 0 atom stereocenters. The Hall–Kier alpha value is -0.990. The standard InChI is InChI=1S/C14H16Cl2O2/c1-18-14(17)7-5-3-2-4-6-11-8-9-12(15)10-13(11)16/h4,6,8-10H,2-3,5,7H2,1H3/b6-4+. The molecular formula is C14H16Cl2O2. The number of allylic oxidation sites excluding steroid dienone is 1. The van der Waals surface area contributed by atoms with Gasteiger partial charge in [0, 0.05) is 16.5 Å². The Morgan fingerprint density at radius 2 is 2.11 bits per heavy atom. The first-order valence-corrected chi connectivity index (χ1v) is 6.57. The SMILES string of the molecule is COC(=O)CCCC/C=C/c1ccc(Cl)cc1Cl. The normalized spacial score (nSPS) is 10.8. The number of hydrogen-bond acceptors (Lipinski definition) is 2. The van der Waals surface area contributed by atoms with Gasteiger partial charge in [-0.2, -0.15) is 0 Å². The molecule has 18 heavy (non-hydrogen) atoms. The largest absolute Gasteiger partial charge is 0.469 e. The summed E-state index contributed by atoms with van der Waals surface area (Å²) in [6.45, 7) is 0. The molecule has 0 saturated carbocycles. The van der Waals surface area contributed by atoms with E-state index in [0.29, 0.717) is 16.5 Å². The fourth-order valence-corrected chi connectivity index (χ4v) is 1.95. The summed E-state index contributed by atoms with van der Waals surface area (Å²) < 4.78 is 4.57. The van der Waals surface area contributed by atoms with Crippen molar-refractivity contribution in [3.8, 4) is 0 Å². The average molecular weight is 287 g/mol. The second kappa shape index (κ2) is 8.17. The summed E-state index contributed by atoms with van der Waals surface area (Å²) in [5.74, 6) is -0.153. The van der Waals surface area contributed by atoms with Crippen molar-refractivity contribution in [1.29, 1.82) is 0 Å². The van der Waals surface area contributed by atoms with Gasteiger partial charge in [-0.1, -0.05) is 41.4 Å². The van der Waals surface area contributed by atoms with Crippen LogP contribution in [0, 0.1) is 0 Å². The maximum absolute atomic E-state index is 10.9. The fraction of sp³-hybridized carbons (Fsp3) is 0.357. The van der Waals surface area contributed by atoms with Gasteiger partial charge in [0.1, 0.15) is 0 Å². The Morgan fingerprint density at radius 3 is 2.78 bits per heavy atom. The lowest BCUT2D eigenvalue weighted by Crippen LogP contribution is -1.98. The predicted molar refractivity (Wildman–Crippen MR) is 76.0 cm³/mol. The zero-order valence-corrected chi connectivity index (χ0v) is 11.8. The van der Waals surface area contributed by atoms with Crippen LogP contribution in [0.2, 0.25) is 10.0 Å². The summed E-state index contributed by atoms with van der Waals surface area (Å²) in [6.07, 6.45) is 7.20. The molecule has 98 valence electrons. The van der Waals surface area contributed by atoms with Crippen LogP contribution in [0.15, 0.2) is 24.3 Å². The number of benzene rings is 1. The summed E-state index contributed by atoms with van der Waals surface area (Å²) in [6, 6.07) is 5.42. The van der Waals surface area contributed by atoms with Gasteiger partial charge in [0.2, 0.25) is 0 Å². The molecule has 0 saturated heterocycles. The fourth-order valence-electron chi connectivity index (χ4n) is 1.48. The molecule has 0 amide bonds. The Kier molecular flexibility index (Phi) is 6.84. The highest BCUT2D eigenvalue weighted by Crippen LogP contribution is 2.22. The van der Waals surface area contributed by atoms with Crippen LogP contribution in [-0.2, 0) is 9.53 Å². The summed E-state index contributed by atoms with van der Waals surface area (Å²) >= 11 is 11.8. The van der Waals surface area contributed by atoms with Gasteiger partial charge in [-0.25, -0.2) is 0 Å². The minimum atomic E-state index is -0.153. The van der Waals surface area contributed by atoms with Crippen molar-refractivity contribution in [2.45, 2.75) is 25.7 Å². The number of halogens is 2. The quantitative estimate of drug-likeness (QED) is 0.558. The monoisotopic (exact) mass is 286 g/mol. The summed E-state index contributed by atoms with van der Waals surface area (Å²) in [5, 5.41) is 1.28. The van der Waals surface area contributed by atoms with Crippen molar-refractivity contribution < 1.29 is 9.53 Å². The number of esters is 1. The van der Waals surface area contributed by atoms with E-state index in [1.165, 1.54) is 7.11 Å². The lowest BCUT2D eigenvalue weighted by Gasteiger charge is -1.99. The molecular weight excluding hydrogens is 271 g/mol. The van der Waals surface area contributed by atoms with Gasteiger partial charge in [0.05, 0.1) is 7.11 Å². The van der Waals surface area contributed by atoms with Crippen LogP contribution in [0.1, 0.15) is 31.2 Å². The van der Waals surface area contributed by atoms with Crippen molar-refractivity contribution in [1.82, 2.24) is 0 Å². The van der Waals surface area contributed by atoms with Crippen LogP contribution >= 0.6 is 23.2 Å². The summed E-state index contributed by atoms with van der Waals surface area (Å²) in [5.41, 5.74) is 0.953. The lowest BCUT2D eigenvalue weighted by molar-refractivity contribution is -0.140. The Morgan fingerprint density at radius 1 is 1.33 bits per heavy atom. The predicted octanol–water partition coefficient (Wildman–Crippen LogP) is 4.74. The number of ether oxygens (including phenoxy) is 1. The average Bonchev–Trinajstić information content (AvgIpc) is 2.35. The number of unbranched alkanes of at least 4 members (excludes halogenated alkanes) is 2. The molecule has 0 aromatic heterocycles. The van der Waals surface area contributed by atoms with Gasteiger partial charge in [0.15, 0.2) is 0 Å². The van der Waals surface area contributed by atoms with Crippen LogP contribution in [0.4, 0.5) is 0 Å². The van der Waals surface area contributed by atoms with Crippen molar-refractivity contribution in [2.75, 3.05) is 7.11 Å². The zero-order chi connectivity index (χ0) is 13.4. The van der Waals surface area contributed by atoms with E-state index in [1.54, 1.807) is 6.07 Å². The number of carbonyl (C=O) groups excluding carboxylic acids is 1. The Bertz CT molecular complexity index is 428. The lowest BCUT2D eigenvalue weighted by atomic mass is 10.1. The number of hydrogen-bond donors (Lipinski definition) is 0. The van der Waals surface area contributed by atoms with Crippen molar-refractivity contribution in [3.05, 3.63) is 39.9 Å². The summed E-state index contributed by atoms with van der Waals surface area (Å²) in [4.78, 5) is 10.9. The van der Waals surface area contributed by atoms with E-state index < -0.39 is 0 Å². The van der Waals surface area contributed by atoms with Crippen molar-refractivity contribution >= 4 is 35.2 Å². The molecule has 0 spiro atoms. The van der Waals surface area contributed by atoms with Crippen LogP contribution in [0.5, 0.6) is 0 Å². The van der Waals surface area contributed by atoms with Crippen molar-refractivity contribution in [3.63, 3.8) is 0 Å². The topological polar surface area (TPSA) is 26.3 Å². The Labute approximate surface area is 118 Å². The molecule has 0 aliphatic rings. The third kappa shape index (κ3) is 5.56. The second-order valence-corrected chi connectivity index (χ2v) is 4.73. The number of methoxy groups -OCH3 is 1. The number of carbonyl (C=O) groups is 1. The molecule has 0 aliphatic heterocycles. The molecule has 0 bridgehead atoms. The minimum absolute atomic E-state index is 0.153. The first kappa shape index (κ1) is 15.1. The van der Waals surface area contributed by atoms with E-state index in [0.717, 1.165) is 24.8 Å². The second-order valence-electron chi connectivity index (χ2n) is 3.89. The van der Waals surface area contributed by atoms with Crippen LogP contribution in [0.25, 0.3) is 6.08 Å². The third-order valence-corrected chi connectivity index (χ3v) is 3.05. The molecule has 4 heteroatoms.